The van der Waals surface area contributed by atoms with Crippen molar-refractivity contribution >= 4 is 0 Å². The smallest absolute Gasteiger partial charge is 0.0991 e. The Morgan fingerprint density at radius 1 is 0.655 bits per heavy atom. The molecule has 2 unspecified atom stereocenters. The van der Waals surface area contributed by atoms with Crippen LogP contribution in [-0.2, 0) is 0 Å². The maximum atomic E-state index is 12.7. The Balaban J connectivity index is -0.000000151. The lowest BCUT2D eigenvalue weighted by Crippen LogP contribution is -2.08. The normalized spacial score (nSPS) is 28.2. The third-order valence-electron chi connectivity index (χ3n) is 6.21. The summed E-state index contributed by atoms with van der Waals surface area (Å²) >= 11 is 0. The summed E-state index contributed by atoms with van der Waals surface area (Å²) in [5.41, 5.74) is 2.55. The topological polar surface area (TPSA) is 0 Å². The predicted octanol–water partition coefficient (Wildman–Crippen LogP) is 11.2. The van der Waals surface area contributed by atoms with E-state index < -0.39 is 0 Å². The standard InChI is InChI=1S/C8H13F.C8H16.C8H14.4CH4/c1-6-3-4-7(2)8(9)5-6;2*1-7-3-5-8(2)6-4-7;;;;/h6H,3-5H2,1-2H3;7-8H,3-6H2,1-2H3;3,8H,4-6H2,1-2H3;4*1H4. The number of halogens is 1. The molecule has 3 rings (SSSR count). The molecule has 0 saturated heterocycles. The van der Waals surface area contributed by atoms with Crippen LogP contribution in [0.1, 0.15) is 135 Å². The van der Waals surface area contributed by atoms with E-state index in [-0.39, 0.29) is 35.5 Å². The summed E-state index contributed by atoms with van der Waals surface area (Å²) < 4.78 is 12.7. The first-order chi connectivity index (χ1) is 11.8. The molecule has 1 saturated carbocycles. The van der Waals surface area contributed by atoms with Gasteiger partial charge in [-0.25, -0.2) is 4.39 Å². The fraction of sp³-hybridized carbons (Fsp3) is 0.857. The van der Waals surface area contributed by atoms with Gasteiger partial charge in [-0.15, -0.1) is 0 Å². The highest BCUT2D eigenvalue weighted by molar-refractivity contribution is 5.08. The Kier molecular flexibility index (Phi) is 23.9. The summed E-state index contributed by atoms with van der Waals surface area (Å²) in [7, 11) is 0. The maximum absolute atomic E-state index is 12.7. The van der Waals surface area contributed by atoms with Gasteiger partial charge in [0.2, 0.25) is 0 Å². The first kappa shape index (κ1) is 35.8. The number of hydrogen-bond acceptors (Lipinski definition) is 0. The number of rotatable bonds is 0. The van der Waals surface area contributed by atoms with Gasteiger partial charge in [-0.05, 0) is 75.2 Å². The van der Waals surface area contributed by atoms with Crippen LogP contribution >= 0.6 is 0 Å². The molecule has 178 valence electrons. The molecule has 0 amide bonds. The van der Waals surface area contributed by atoms with E-state index >= 15 is 0 Å². The minimum absolute atomic E-state index is 0. The van der Waals surface area contributed by atoms with Crippen LogP contribution in [0, 0.1) is 23.7 Å². The molecule has 3 aliphatic rings. The van der Waals surface area contributed by atoms with Crippen molar-refractivity contribution in [2.45, 2.75) is 135 Å². The van der Waals surface area contributed by atoms with E-state index in [0.29, 0.717) is 12.3 Å². The van der Waals surface area contributed by atoms with E-state index in [1.165, 1.54) is 51.4 Å². The molecule has 0 nitrogen and oxygen atoms in total. The van der Waals surface area contributed by atoms with E-state index in [4.69, 9.17) is 0 Å². The molecule has 1 fully saturated rings. The third-order valence-corrected chi connectivity index (χ3v) is 6.21. The van der Waals surface area contributed by atoms with Crippen molar-refractivity contribution in [1.29, 1.82) is 0 Å². The van der Waals surface area contributed by atoms with E-state index in [2.05, 4.69) is 40.7 Å². The lowest BCUT2D eigenvalue weighted by Gasteiger charge is -2.22. The molecule has 0 radical (unpaired) electrons. The minimum atomic E-state index is 0. The molecule has 0 aromatic heterocycles. The number of hydrogen-bond donors (Lipinski definition) is 0. The van der Waals surface area contributed by atoms with E-state index in [1.807, 2.05) is 6.92 Å². The summed E-state index contributed by atoms with van der Waals surface area (Å²) in [5, 5.41) is 0. The fourth-order valence-corrected chi connectivity index (χ4v) is 3.70. The van der Waals surface area contributed by atoms with Crippen LogP contribution in [0.5, 0.6) is 0 Å². The first-order valence-electron chi connectivity index (χ1n) is 10.8. The Hall–Kier alpha value is -0.590. The van der Waals surface area contributed by atoms with Gasteiger partial charge in [-0.3, -0.25) is 0 Å². The van der Waals surface area contributed by atoms with Crippen LogP contribution in [0.15, 0.2) is 23.0 Å². The van der Waals surface area contributed by atoms with Crippen LogP contribution in [0.3, 0.4) is 0 Å². The van der Waals surface area contributed by atoms with Crippen molar-refractivity contribution in [2.24, 2.45) is 23.7 Å². The quantitative estimate of drug-likeness (QED) is 0.346. The van der Waals surface area contributed by atoms with Crippen molar-refractivity contribution in [3.63, 3.8) is 0 Å². The Labute approximate surface area is 186 Å². The van der Waals surface area contributed by atoms with Crippen LogP contribution < -0.4 is 0 Å². The molecule has 0 heterocycles. The lowest BCUT2D eigenvalue weighted by molar-refractivity contribution is 0.308. The van der Waals surface area contributed by atoms with Gasteiger partial charge in [0, 0.05) is 6.42 Å². The van der Waals surface area contributed by atoms with E-state index in [9.17, 15) is 4.39 Å². The molecule has 0 bridgehead atoms. The molecule has 0 aromatic rings. The minimum Gasteiger partial charge on any atom is -0.212 e. The van der Waals surface area contributed by atoms with Crippen molar-refractivity contribution in [2.75, 3.05) is 0 Å². The summed E-state index contributed by atoms with van der Waals surface area (Å²) in [6, 6.07) is 0. The Morgan fingerprint density at radius 2 is 1.10 bits per heavy atom. The summed E-state index contributed by atoms with van der Waals surface area (Å²) in [4.78, 5) is 0. The van der Waals surface area contributed by atoms with Gasteiger partial charge in [0.25, 0.3) is 0 Å². The van der Waals surface area contributed by atoms with Crippen molar-refractivity contribution in [3.05, 3.63) is 23.0 Å². The first-order valence-corrected chi connectivity index (χ1v) is 10.8. The molecule has 29 heavy (non-hydrogen) atoms. The summed E-state index contributed by atoms with van der Waals surface area (Å²) in [6.45, 7) is 13.3. The Bertz CT molecular complexity index is 414. The fourth-order valence-electron chi connectivity index (χ4n) is 3.70. The average Bonchev–Trinajstić information content (AvgIpc) is 2.58. The maximum Gasteiger partial charge on any atom is 0.0991 e. The van der Waals surface area contributed by atoms with Gasteiger partial charge in [-0.1, -0.05) is 94.7 Å². The highest BCUT2D eigenvalue weighted by Crippen LogP contribution is 2.29. The predicted molar refractivity (Wildman–Crippen MR) is 137 cm³/mol. The zero-order chi connectivity index (χ0) is 18.8. The highest BCUT2D eigenvalue weighted by Gasteiger charge is 2.14. The van der Waals surface area contributed by atoms with Crippen LogP contribution in [-0.4, -0.2) is 0 Å². The molecule has 1 heteroatoms. The second-order valence-corrected chi connectivity index (χ2v) is 9.33. The average molecular weight is 415 g/mol. The molecule has 0 N–H and O–H groups in total. The van der Waals surface area contributed by atoms with Gasteiger partial charge >= 0.3 is 0 Å². The van der Waals surface area contributed by atoms with Crippen molar-refractivity contribution in [1.82, 2.24) is 0 Å². The van der Waals surface area contributed by atoms with E-state index in [1.54, 1.807) is 5.57 Å². The van der Waals surface area contributed by atoms with Crippen LogP contribution in [0.4, 0.5) is 4.39 Å². The largest absolute Gasteiger partial charge is 0.212 e. The van der Waals surface area contributed by atoms with Gasteiger partial charge in [0.05, 0.1) is 5.83 Å². The summed E-state index contributed by atoms with van der Waals surface area (Å²) in [5.74, 6) is 3.68. The molecular formula is C28H59F. The SMILES string of the molecule is C.C.C.C.CC1=C(F)CC(C)CC1.CC1=CCC(C)CC1.CC1CCC(C)CC1. The monoisotopic (exact) mass is 414 g/mol. The molecular weight excluding hydrogens is 355 g/mol. The Morgan fingerprint density at radius 3 is 1.41 bits per heavy atom. The van der Waals surface area contributed by atoms with Gasteiger partial charge < -0.3 is 0 Å². The van der Waals surface area contributed by atoms with Crippen molar-refractivity contribution in [3.8, 4) is 0 Å². The molecule has 3 aliphatic carbocycles. The zero-order valence-corrected chi connectivity index (χ0v) is 17.8. The molecule has 0 aliphatic heterocycles. The molecule has 0 spiro atoms. The van der Waals surface area contributed by atoms with Crippen molar-refractivity contribution < 1.29 is 4.39 Å². The van der Waals surface area contributed by atoms with Gasteiger partial charge in [0.1, 0.15) is 0 Å². The molecule has 0 aromatic carbocycles. The number of allylic oxidation sites excluding steroid dienone is 4. The highest BCUT2D eigenvalue weighted by atomic mass is 19.1. The van der Waals surface area contributed by atoms with Crippen LogP contribution in [0.25, 0.3) is 0 Å². The van der Waals surface area contributed by atoms with E-state index in [0.717, 1.165) is 29.7 Å². The lowest BCUT2D eigenvalue weighted by atomic mass is 9.84. The summed E-state index contributed by atoms with van der Waals surface area (Å²) in [6.07, 6.45) is 15.1. The molecule has 2 atom stereocenters. The van der Waals surface area contributed by atoms with Crippen LogP contribution in [0.2, 0.25) is 0 Å². The second kappa shape index (κ2) is 19.4. The third kappa shape index (κ3) is 16.8. The van der Waals surface area contributed by atoms with Gasteiger partial charge in [0.15, 0.2) is 0 Å². The van der Waals surface area contributed by atoms with Gasteiger partial charge in [-0.2, -0.15) is 0 Å². The zero-order valence-electron chi connectivity index (χ0n) is 17.8. The second-order valence-electron chi connectivity index (χ2n) is 9.33.